The van der Waals surface area contributed by atoms with Crippen LogP contribution in [0.1, 0.15) is 12.7 Å². The highest BCUT2D eigenvalue weighted by Gasteiger charge is 2.15. The molecule has 0 fully saturated rings. The fraction of sp³-hybridized carbons (Fsp3) is 0.263. The third-order valence-electron chi connectivity index (χ3n) is 4.37. The Labute approximate surface area is 174 Å². The Morgan fingerprint density at radius 1 is 1.21 bits per heavy atom. The summed E-state index contributed by atoms with van der Waals surface area (Å²) < 4.78 is 12.6. The number of H-pyrrole nitrogens is 1. The van der Waals surface area contributed by atoms with Crippen LogP contribution in [-0.2, 0) is 12.3 Å². The maximum Gasteiger partial charge on any atom is 0.258 e. The minimum Gasteiger partial charge on any atom is -0.493 e. The molecule has 29 heavy (non-hydrogen) atoms. The van der Waals surface area contributed by atoms with Crippen molar-refractivity contribution in [2.45, 2.75) is 24.4 Å². The lowest BCUT2D eigenvalue weighted by atomic mass is 10.2. The van der Waals surface area contributed by atoms with Crippen molar-refractivity contribution in [1.82, 2.24) is 24.7 Å². The number of hydrogen-bond acceptors (Lipinski definition) is 8. The lowest BCUT2D eigenvalue weighted by Gasteiger charge is -2.09. The van der Waals surface area contributed by atoms with E-state index in [1.54, 1.807) is 30.6 Å². The summed E-state index contributed by atoms with van der Waals surface area (Å²) in [5, 5.41) is 11.9. The molecule has 3 aromatic heterocycles. The summed E-state index contributed by atoms with van der Waals surface area (Å²) in [5.74, 6) is 2.89. The van der Waals surface area contributed by atoms with Gasteiger partial charge in [-0.3, -0.25) is 4.79 Å². The van der Waals surface area contributed by atoms with E-state index < -0.39 is 0 Å². The molecule has 3 heterocycles. The van der Waals surface area contributed by atoms with Crippen molar-refractivity contribution in [3.63, 3.8) is 0 Å². The highest BCUT2D eigenvalue weighted by atomic mass is 32.2. The highest BCUT2D eigenvalue weighted by molar-refractivity contribution is 7.98. The van der Waals surface area contributed by atoms with E-state index in [1.807, 2.05) is 17.5 Å². The average Bonchev–Trinajstić information content (AvgIpc) is 3.40. The topological polar surface area (TPSA) is 94.9 Å². The van der Waals surface area contributed by atoms with Crippen LogP contribution in [0.25, 0.3) is 21.6 Å². The second kappa shape index (κ2) is 8.26. The van der Waals surface area contributed by atoms with Crippen molar-refractivity contribution < 1.29 is 9.47 Å². The molecule has 0 amide bonds. The minimum absolute atomic E-state index is 0.220. The largest absolute Gasteiger partial charge is 0.493 e. The summed E-state index contributed by atoms with van der Waals surface area (Å²) in [6.45, 7) is 2.81. The first-order chi connectivity index (χ1) is 14.1. The molecule has 0 aliphatic carbocycles. The van der Waals surface area contributed by atoms with Gasteiger partial charge in [0.15, 0.2) is 22.5 Å². The summed E-state index contributed by atoms with van der Waals surface area (Å²) >= 11 is 3.11. The Hall–Kier alpha value is -2.85. The number of fused-ring (bicyclic) bond motifs is 1. The number of thioether (sulfide) groups is 1. The predicted octanol–water partition coefficient (Wildman–Crippen LogP) is 3.57. The van der Waals surface area contributed by atoms with Gasteiger partial charge in [0.2, 0.25) is 0 Å². The Morgan fingerprint density at radius 2 is 2.00 bits per heavy atom. The van der Waals surface area contributed by atoms with Crippen LogP contribution in [0.4, 0.5) is 0 Å². The van der Waals surface area contributed by atoms with E-state index >= 15 is 0 Å². The summed E-state index contributed by atoms with van der Waals surface area (Å²) in [5.41, 5.74) is 0.334. The monoisotopic (exact) mass is 429 g/mol. The molecule has 0 saturated heterocycles. The van der Waals surface area contributed by atoms with Crippen molar-refractivity contribution >= 4 is 34.0 Å². The molecule has 0 saturated carbocycles. The van der Waals surface area contributed by atoms with Crippen molar-refractivity contribution in [2.75, 3.05) is 14.2 Å². The van der Waals surface area contributed by atoms with Gasteiger partial charge in [-0.2, -0.15) is 0 Å². The molecule has 1 N–H and O–H groups in total. The molecule has 1 aromatic carbocycles. The molecule has 4 aromatic rings. The van der Waals surface area contributed by atoms with E-state index in [4.69, 9.17) is 9.47 Å². The van der Waals surface area contributed by atoms with Gasteiger partial charge in [0, 0.05) is 12.6 Å². The number of benzene rings is 1. The van der Waals surface area contributed by atoms with Crippen molar-refractivity contribution in [3.8, 4) is 22.2 Å². The van der Waals surface area contributed by atoms with Crippen molar-refractivity contribution in [2.24, 2.45) is 0 Å². The molecule has 0 aliphatic heterocycles. The molecule has 0 atom stereocenters. The number of ether oxygens (including phenoxy) is 2. The molecule has 150 valence electrons. The van der Waals surface area contributed by atoms with Gasteiger partial charge in [-0.15, -0.1) is 21.5 Å². The summed E-state index contributed by atoms with van der Waals surface area (Å²) in [6.07, 6.45) is 0. The van der Waals surface area contributed by atoms with E-state index in [9.17, 15) is 4.79 Å². The first kappa shape index (κ1) is 19.5. The molecule has 4 rings (SSSR count). The number of aromatic amines is 1. The quantitative estimate of drug-likeness (QED) is 0.449. The van der Waals surface area contributed by atoms with Gasteiger partial charge in [-0.1, -0.05) is 17.8 Å². The molecule has 8 nitrogen and oxygen atoms in total. The van der Waals surface area contributed by atoms with Gasteiger partial charge >= 0.3 is 0 Å². The van der Waals surface area contributed by atoms with E-state index in [0.29, 0.717) is 34.0 Å². The van der Waals surface area contributed by atoms with Gasteiger partial charge in [-0.25, -0.2) is 4.98 Å². The number of nitrogens with zero attached hydrogens (tertiary/aromatic N) is 4. The highest BCUT2D eigenvalue weighted by Crippen LogP contribution is 2.31. The second-order valence-corrected chi connectivity index (χ2v) is 7.94. The minimum atomic E-state index is -0.220. The van der Waals surface area contributed by atoms with Gasteiger partial charge in [0.1, 0.15) is 5.82 Å². The fourth-order valence-electron chi connectivity index (χ4n) is 2.98. The Morgan fingerprint density at radius 3 is 2.69 bits per heavy atom. The zero-order valence-electron chi connectivity index (χ0n) is 16.1. The van der Waals surface area contributed by atoms with Gasteiger partial charge in [0.25, 0.3) is 5.56 Å². The molecular weight excluding hydrogens is 410 g/mol. The van der Waals surface area contributed by atoms with E-state index in [2.05, 4.69) is 31.7 Å². The van der Waals surface area contributed by atoms with Crippen LogP contribution in [0.2, 0.25) is 0 Å². The maximum atomic E-state index is 12.5. The number of hydrogen-bond donors (Lipinski definition) is 1. The Bertz CT molecular complexity index is 1200. The van der Waals surface area contributed by atoms with Gasteiger partial charge in [-0.05, 0) is 24.4 Å². The Balaban J connectivity index is 1.63. The van der Waals surface area contributed by atoms with Crippen LogP contribution in [0.3, 0.4) is 0 Å². The zero-order chi connectivity index (χ0) is 20.4. The summed E-state index contributed by atoms with van der Waals surface area (Å²) in [6, 6.07) is 7.37. The average molecular weight is 430 g/mol. The van der Waals surface area contributed by atoms with Gasteiger partial charge in [0.05, 0.1) is 35.8 Å². The van der Waals surface area contributed by atoms with Gasteiger partial charge < -0.3 is 19.0 Å². The molecule has 0 unspecified atom stereocenters. The first-order valence-electron chi connectivity index (χ1n) is 8.89. The van der Waals surface area contributed by atoms with Crippen molar-refractivity contribution in [1.29, 1.82) is 0 Å². The third-order valence-corrected chi connectivity index (χ3v) is 6.22. The van der Waals surface area contributed by atoms with Crippen LogP contribution in [0.5, 0.6) is 11.5 Å². The lowest BCUT2D eigenvalue weighted by Crippen LogP contribution is -2.12. The number of thiophene rings is 1. The van der Waals surface area contributed by atoms with Crippen LogP contribution in [-0.4, -0.2) is 39.0 Å². The Kier molecular flexibility index (Phi) is 5.54. The number of nitrogens with one attached hydrogen (secondary N) is 1. The molecule has 10 heteroatoms. The third kappa shape index (κ3) is 3.73. The zero-order valence-corrected chi connectivity index (χ0v) is 17.8. The summed E-state index contributed by atoms with van der Waals surface area (Å²) in [7, 11) is 3.08. The summed E-state index contributed by atoms with van der Waals surface area (Å²) in [4.78, 5) is 21.0. The normalized spacial score (nSPS) is 11.1. The first-order valence-corrected chi connectivity index (χ1v) is 10.8. The fourth-order valence-corrected chi connectivity index (χ4v) is 4.57. The predicted molar refractivity (Wildman–Crippen MR) is 114 cm³/mol. The van der Waals surface area contributed by atoms with Crippen LogP contribution in [0, 0.1) is 0 Å². The van der Waals surface area contributed by atoms with Crippen molar-refractivity contribution in [3.05, 3.63) is 45.8 Å². The standard InChI is InChI=1S/C19H19N5O3S2/c1-4-24-17(15-6-5-7-28-15)22-23-19(24)29-10-16-20-12-9-14(27-3)13(26-2)8-11(12)18(25)21-16/h5-9H,4,10H2,1-3H3,(H,20,21,25). The molecule has 0 aliphatic rings. The van der Waals surface area contributed by atoms with Crippen LogP contribution < -0.4 is 15.0 Å². The lowest BCUT2D eigenvalue weighted by molar-refractivity contribution is 0.355. The number of methoxy groups -OCH3 is 2. The van der Waals surface area contributed by atoms with E-state index in [1.165, 1.54) is 18.9 Å². The molecule has 0 spiro atoms. The van der Waals surface area contributed by atoms with Crippen LogP contribution in [0.15, 0.2) is 39.6 Å². The van der Waals surface area contributed by atoms with E-state index in [-0.39, 0.29) is 5.56 Å². The number of rotatable bonds is 7. The van der Waals surface area contributed by atoms with Crippen LogP contribution >= 0.6 is 23.1 Å². The molecular formula is C19H19N5O3S2. The smallest absolute Gasteiger partial charge is 0.258 e. The SMILES string of the molecule is CCn1c(SCc2nc3cc(OC)c(OC)cc3c(=O)[nH]2)nnc1-c1cccs1. The molecule has 0 bridgehead atoms. The molecule has 0 radical (unpaired) electrons. The maximum absolute atomic E-state index is 12.5. The number of aromatic nitrogens is 5. The second-order valence-electron chi connectivity index (χ2n) is 6.05. The van der Waals surface area contributed by atoms with E-state index in [0.717, 1.165) is 22.4 Å².